The normalized spacial score (nSPS) is 29.9. The van der Waals surface area contributed by atoms with Crippen LogP contribution in [0.5, 0.6) is 0 Å². The average Bonchev–Trinajstić information content (AvgIpc) is 2.91. The lowest BCUT2D eigenvalue weighted by molar-refractivity contribution is -0.136. The largest absolute Gasteiger partial charge is 0.388 e. The highest BCUT2D eigenvalue weighted by atomic mass is 16.5. The number of hydrogen-bond acceptors (Lipinski definition) is 6. The molecule has 0 aliphatic carbocycles. The summed E-state index contributed by atoms with van der Waals surface area (Å²) in [4.78, 5) is 18.5. The molecule has 1 aromatic heterocycles. The molecule has 3 N–H and O–H groups in total. The third-order valence-electron chi connectivity index (χ3n) is 5.35. The van der Waals surface area contributed by atoms with Crippen LogP contribution in [0.1, 0.15) is 31.9 Å². The quantitative estimate of drug-likeness (QED) is 0.673. The Kier molecular flexibility index (Phi) is 6.58. The van der Waals surface area contributed by atoms with Gasteiger partial charge in [0, 0.05) is 32.4 Å². The highest BCUT2D eigenvalue weighted by Crippen LogP contribution is 2.25. The third-order valence-corrected chi connectivity index (χ3v) is 5.35. The Morgan fingerprint density at radius 1 is 1.27 bits per heavy atom. The lowest BCUT2D eigenvalue weighted by Gasteiger charge is -2.31. The van der Waals surface area contributed by atoms with Crippen molar-refractivity contribution in [2.45, 2.75) is 57.1 Å². The monoisotopic (exact) mass is 363 g/mol. The molecule has 1 aromatic rings. The first kappa shape index (κ1) is 19.2. The maximum Gasteiger partial charge on any atom is 0.225 e. The van der Waals surface area contributed by atoms with Gasteiger partial charge in [-0.25, -0.2) is 0 Å². The van der Waals surface area contributed by atoms with E-state index in [1.165, 1.54) is 0 Å². The van der Waals surface area contributed by atoms with Gasteiger partial charge in [-0.15, -0.1) is 0 Å². The van der Waals surface area contributed by atoms with E-state index >= 15 is 0 Å². The number of aromatic nitrogens is 1. The minimum atomic E-state index is -1.04. The second-order valence-corrected chi connectivity index (χ2v) is 7.41. The molecular weight excluding hydrogens is 334 g/mol. The van der Waals surface area contributed by atoms with Crippen LogP contribution in [0.15, 0.2) is 24.4 Å². The Labute approximate surface area is 154 Å². The number of aliphatic hydroxyl groups is 2. The number of hydrogen-bond donors (Lipinski definition) is 3. The fourth-order valence-corrected chi connectivity index (χ4v) is 3.57. The first-order chi connectivity index (χ1) is 12.5. The van der Waals surface area contributed by atoms with Crippen molar-refractivity contribution in [2.75, 3.05) is 19.6 Å². The number of aliphatic hydroxyl groups excluding tert-OH is 2. The zero-order valence-electron chi connectivity index (χ0n) is 15.3. The van der Waals surface area contributed by atoms with Crippen molar-refractivity contribution in [3.8, 4) is 0 Å². The summed E-state index contributed by atoms with van der Waals surface area (Å²) in [6.07, 6.45) is 0.653. The number of carbonyl (C=O) groups is 1. The Morgan fingerprint density at radius 2 is 2.00 bits per heavy atom. The van der Waals surface area contributed by atoms with E-state index in [1.54, 1.807) is 6.20 Å². The number of pyridine rings is 1. The molecule has 1 amide bonds. The van der Waals surface area contributed by atoms with Gasteiger partial charge >= 0.3 is 0 Å². The summed E-state index contributed by atoms with van der Waals surface area (Å²) in [6.45, 7) is 4.67. The molecule has 0 aromatic carbocycles. The number of carbonyl (C=O) groups excluding carboxylic acids is 1. The number of ether oxygens (including phenoxy) is 1. The summed E-state index contributed by atoms with van der Waals surface area (Å²) in [7, 11) is 0. The van der Waals surface area contributed by atoms with E-state index in [4.69, 9.17) is 4.74 Å². The van der Waals surface area contributed by atoms with Crippen molar-refractivity contribution >= 4 is 5.91 Å². The van der Waals surface area contributed by atoms with Crippen molar-refractivity contribution in [3.63, 3.8) is 0 Å². The van der Waals surface area contributed by atoms with Gasteiger partial charge in [-0.1, -0.05) is 13.0 Å². The summed E-state index contributed by atoms with van der Waals surface area (Å²) in [6, 6.07) is 5.68. The van der Waals surface area contributed by atoms with E-state index in [0.717, 1.165) is 31.6 Å². The number of nitrogens with zero attached hydrogens (tertiary/aromatic N) is 2. The second kappa shape index (κ2) is 8.90. The van der Waals surface area contributed by atoms with Gasteiger partial charge in [-0.3, -0.25) is 9.78 Å². The Balaban J connectivity index is 1.45. The van der Waals surface area contributed by atoms with Crippen molar-refractivity contribution in [3.05, 3.63) is 30.1 Å². The Hall–Kier alpha value is -1.54. The molecule has 0 bridgehead atoms. The van der Waals surface area contributed by atoms with Gasteiger partial charge in [0.2, 0.25) is 5.91 Å². The van der Waals surface area contributed by atoms with Crippen LogP contribution in [0.2, 0.25) is 0 Å². The standard InChI is InChI=1S/C19H29N3O4/c1-13-5-8-22(9-6-13)17(23)10-15-18(24)19(25)16(26-15)12-20-11-14-4-2-3-7-21-14/h2-4,7,13,15-16,18-20,24-25H,5-6,8-12H2,1H3/t15-,16+,18-,19+/m0/s1. The van der Waals surface area contributed by atoms with Crippen molar-refractivity contribution < 1.29 is 19.7 Å². The molecular formula is C19H29N3O4. The number of rotatable bonds is 6. The molecule has 3 heterocycles. The SMILES string of the molecule is CC1CCN(C(=O)C[C@@H]2O[C@H](CNCc3ccccn3)[C@@H](O)[C@H]2O)CC1. The minimum absolute atomic E-state index is 0.00440. The van der Waals surface area contributed by atoms with Crippen LogP contribution in [0.3, 0.4) is 0 Å². The highest BCUT2D eigenvalue weighted by molar-refractivity contribution is 5.77. The molecule has 26 heavy (non-hydrogen) atoms. The molecule has 0 spiro atoms. The van der Waals surface area contributed by atoms with Crippen LogP contribution < -0.4 is 5.32 Å². The van der Waals surface area contributed by atoms with Crippen LogP contribution in [0, 0.1) is 5.92 Å². The van der Waals surface area contributed by atoms with Gasteiger partial charge in [0.25, 0.3) is 0 Å². The predicted octanol–water partition coefficient (Wildman–Crippen LogP) is 0.309. The van der Waals surface area contributed by atoms with Crippen molar-refractivity contribution in [2.24, 2.45) is 5.92 Å². The number of likely N-dealkylation sites (tertiary alicyclic amines) is 1. The molecule has 7 nitrogen and oxygen atoms in total. The van der Waals surface area contributed by atoms with E-state index in [2.05, 4.69) is 17.2 Å². The number of nitrogens with one attached hydrogen (secondary N) is 1. The molecule has 4 atom stereocenters. The Bertz CT molecular complexity index is 577. The number of piperidine rings is 1. The van der Waals surface area contributed by atoms with Gasteiger partial charge in [-0.2, -0.15) is 0 Å². The number of amides is 1. The molecule has 7 heteroatoms. The van der Waals surface area contributed by atoms with Crippen LogP contribution in [0.25, 0.3) is 0 Å². The molecule has 2 aliphatic rings. The maximum absolute atomic E-state index is 12.4. The lowest BCUT2D eigenvalue weighted by Crippen LogP contribution is -2.41. The molecule has 2 saturated heterocycles. The molecule has 0 unspecified atom stereocenters. The molecule has 3 rings (SSSR count). The topological polar surface area (TPSA) is 94.9 Å². The van der Waals surface area contributed by atoms with Gasteiger partial charge in [-0.05, 0) is 30.9 Å². The molecule has 0 saturated carbocycles. The van der Waals surface area contributed by atoms with Gasteiger partial charge < -0.3 is 25.2 Å². The van der Waals surface area contributed by atoms with Crippen LogP contribution in [-0.2, 0) is 16.1 Å². The summed E-state index contributed by atoms with van der Waals surface area (Å²) >= 11 is 0. The van der Waals surface area contributed by atoms with Crippen LogP contribution in [0.4, 0.5) is 0 Å². The fraction of sp³-hybridized carbons (Fsp3) is 0.684. The zero-order valence-corrected chi connectivity index (χ0v) is 15.3. The lowest BCUT2D eigenvalue weighted by atomic mass is 9.98. The van der Waals surface area contributed by atoms with Crippen molar-refractivity contribution in [1.82, 2.24) is 15.2 Å². The second-order valence-electron chi connectivity index (χ2n) is 7.41. The molecule has 2 aliphatic heterocycles. The van der Waals surface area contributed by atoms with E-state index in [0.29, 0.717) is 19.0 Å². The first-order valence-electron chi connectivity index (χ1n) is 9.44. The van der Waals surface area contributed by atoms with E-state index in [9.17, 15) is 15.0 Å². The molecule has 0 radical (unpaired) electrons. The highest BCUT2D eigenvalue weighted by Gasteiger charge is 2.43. The fourth-order valence-electron chi connectivity index (χ4n) is 3.57. The minimum Gasteiger partial charge on any atom is -0.388 e. The first-order valence-corrected chi connectivity index (χ1v) is 9.44. The average molecular weight is 363 g/mol. The zero-order chi connectivity index (χ0) is 18.5. The maximum atomic E-state index is 12.4. The smallest absolute Gasteiger partial charge is 0.225 e. The molecule has 2 fully saturated rings. The third kappa shape index (κ3) is 4.79. The van der Waals surface area contributed by atoms with Gasteiger partial charge in [0.05, 0.1) is 24.3 Å². The van der Waals surface area contributed by atoms with Gasteiger partial charge in [0.1, 0.15) is 12.2 Å². The van der Waals surface area contributed by atoms with Gasteiger partial charge in [0.15, 0.2) is 0 Å². The summed E-state index contributed by atoms with van der Waals surface area (Å²) in [5.74, 6) is 0.652. The summed E-state index contributed by atoms with van der Waals surface area (Å²) in [5, 5.41) is 23.7. The van der Waals surface area contributed by atoms with E-state index < -0.39 is 24.4 Å². The predicted molar refractivity (Wildman–Crippen MR) is 96.2 cm³/mol. The van der Waals surface area contributed by atoms with E-state index in [-0.39, 0.29) is 12.3 Å². The van der Waals surface area contributed by atoms with E-state index in [1.807, 2.05) is 23.1 Å². The summed E-state index contributed by atoms with van der Waals surface area (Å²) in [5.41, 5.74) is 0.895. The Morgan fingerprint density at radius 3 is 2.69 bits per heavy atom. The summed E-state index contributed by atoms with van der Waals surface area (Å²) < 4.78 is 5.78. The van der Waals surface area contributed by atoms with Crippen LogP contribution in [-0.4, -0.2) is 70.1 Å². The molecule has 144 valence electrons. The van der Waals surface area contributed by atoms with Crippen molar-refractivity contribution in [1.29, 1.82) is 0 Å². The van der Waals surface area contributed by atoms with Crippen LogP contribution >= 0.6 is 0 Å².